The minimum Gasteiger partial charge on any atom is -0.482 e. The van der Waals surface area contributed by atoms with Crippen LogP contribution in [0.5, 0.6) is 11.5 Å². The summed E-state index contributed by atoms with van der Waals surface area (Å²) in [4.78, 5) is 25.2. The second-order valence-electron chi connectivity index (χ2n) is 7.35. The Morgan fingerprint density at radius 1 is 1.06 bits per heavy atom. The van der Waals surface area contributed by atoms with Gasteiger partial charge in [-0.25, -0.2) is 9.18 Å². The zero-order valence-electron chi connectivity index (χ0n) is 17.0. The van der Waals surface area contributed by atoms with E-state index in [4.69, 9.17) is 26.2 Å². The van der Waals surface area contributed by atoms with Gasteiger partial charge in [0.2, 0.25) is 6.10 Å². The number of nitrogens with zero attached hydrogens (tertiary/aromatic N) is 1. The lowest BCUT2D eigenvalue weighted by Crippen LogP contribution is -2.61. The maximum absolute atomic E-state index is 14.1. The summed E-state index contributed by atoms with van der Waals surface area (Å²) >= 11 is 5.80. The number of rotatable bonds is 7. The lowest BCUT2D eigenvalue weighted by Gasteiger charge is -2.46. The molecule has 4 rings (SSSR count). The monoisotopic (exact) mass is 455 g/mol. The second-order valence-corrected chi connectivity index (χ2v) is 7.76. The number of β-lactam (4-membered cyclic amide) rings is 1. The Labute approximate surface area is 188 Å². The van der Waals surface area contributed by atoms with Gasteiger partial charge >= 0.3 is 5.97 Å². The summed E-state index contributed by atoms with van der Waals surface area (Å²) < 4.78 is 25.2. The van der Waals surface area contributed by atoms with Gasteiger partial charge in [0, 0.05) is 5.69 Å². The fourth-order valence-electron chi connectivity index (χ4n) is 3.49. The number of halogens is 2. The van der Waals surface area contributed by atoms with Crippen LogP contribution in [0.3, 0.4) is 0 Å². The number of aliphatic carboxylic acids is 1. The predicted octanol–water partition coefficient (Wildman–Crippen LogP) is 4.79. The van der Waals surface area contributed by atoms with Gasteiger partial charge in [-0.2, -0.15) is 0 Å². The normalized spacial score (nSPS) is 17.6. The van der Waals surface area contributed by atoms with Crippen molar-refractivity contribution >= 4 is 29.2 Å². The van der Waals surface area contributed by atoms with Crippen LogP contribution in [0.25, 0.3) is 0 Å². The first kappa shape index (κ1) is 21.6. The molecule has 0 spiro atoms. The molecule has 1 fully saturated rings. The number of carbonyl (C=O) groups is 2. The van der Waals surface area contributed by atoms with Gasteiger partial charge in [0.25, 0.3) is 5.91 Å². The molecule has 1 heterocycles. The number of carboxylic acid groups (broad SMARTS) is 1. The minimum absolute atomic E-state index is 0.0364. The van der Waals surface area contributed by atoms with Crippen LogP contribution in [-0.4, -0.2) is 29.7 Å². The van der Waals surface area contributed by atoms with Gasteiger partial charge in [-0.05, 0) is 55.0 Å². The van der Waals surface area contributed by atoms with E-state index < -0.39 is 30.5 Å². The molecule has 1 saturated heterocycles. The van der Waals surface area contributed by atoms with Crippen LogP contribution in [0.15, 0.2) is 66.7 Å². The van der Waals surface area contributed by atoms with Gasteiger partial charge in [0.1, 0.15) is 23.4 Å². The SMILES string of the molecule is Cc1ccc(OC2C(=O)N(c3ccc(Cl)c(F)c3)C2c2ccc(OCC(=O)O)cc2)cc1. The third kappa shape index (κ3) is 4.38. The Morgan fingerprint density at radius 3 is 2.34 bits per heavy atom. The Balaban J connectivity index is 1.64. The largest absolute Gasteiger partial charge is 0.482 e. The van der Waals surface area contributed by atoms with Crippen molar-refractivity contribution in [3.63, 3.8) is 0 Å². The van der Waals surface area contributed by atoms with E-state index in [2.05, 4.69) is 0 Å². The minimum atomic E-state index is -1.08. The number of hydrogen-bond donors (Lipinski definition) is 1. The van der Waals surface area contributed by atoms with Gasteiger partial charge < -0.3 is 14.6 Å². The van der Waals surface area contributed by atoms with Crippen LogP contribution >= 0.6 is 11.6 Å². The van der Waals surface area contributed by atoms with Crippen molar-refractivity contribution < 1.29 is 28.6 Å². The van der Waals surface area contributed by atoms with Crippen molar-refractivity contribution in [1.29, 1.82) is 0 Å². The predicted molar refractivity (Wildman–Crippen MR) is 117 cm³/mol. The highest BCUT2D eigenvalue weighted by atomic mass is 35.5. The van der Waals surface area contributed by atoms with Crippen LogP contribution in [0.2, 0.25) is 5.02 Å². The molecule has 1 N–H and O–H groups in total. The number of carbonyl (C=O) groups excluding carboxylic acids is 1. The summed E-state index contributed by atoms with van der Waals surface area (Å²) in [5, 5.41) is 8.73. The zero-order valence-corrected chi connectivity index (χ0v) is 17.8. The van der Waals surface area contributed by atoms with Crippen LogP contribution < -0.4 is 14.4 Å². The van der Waals surface area contributed by atoms with Crippen molar-refractivity contribution in [3.05, 3.63) is 88.7 Å². The van der Waals surface area contributed by atoms with Crippen LogP contribution in [0, 0.1) is 12.7 Å². The standard InChI is InChI=1S/C24H19ClFNO5/c1-14-2-7-18(8-3-14)32-23-22(15-4-9-17(10-5-15)31-13-21(28)29)27(24(23)30)16-6-11-19(25)20(26)12-16/h2-12,22-23H,13H2,1H3,(H,28,29). The molecule has 0 bridgehead atoms. The Hall–Kier alpha value is -3.58. The van der Waals surface area contributed by atoms with Gasteiger partial charge in [0.05, 0.1) is 5.02 Å². The molecule has 0 aliphatic carbocycles. The molecule has 1 aliphatic heterocycles. The van der Waals surface area contributed by atoms with E-state index in [-0.39, 0.29) is 10.9 Å². The maximum Gasteiger partial charge on any atom is 0.341 e. The van der Waals surface area contributed by atoms with E-state index >= 15 is 0 Å². The molecule has 32 heavy (non-hydrogen) atoms. The van der Waals surface area contributed by atoms with E-state index in [1.165, 1.54) is 17.0 Å². The summed E-state index contributed by atoms with van der Waals surface area (Å²) in [5.41, 5.74) is 2.14. The maximum atomic E-state index is 14.1. The lowest BCUT2D eigenvalue weighted by molar-refractivity contribution is -0.139. The number of ether oxygens (including phenoxy) is 2. The van der Waals surface area contributed by atoms with Gasteiger partial charge in [-0.1, -0.05) is 41.4 Å². The molecule has 0 aromatic heterocycles. The first-order valence-electron chi connectivity index (χ1n) is 9.79. The first-order valence-corrected chi connectivity index (χ1v) is 10.2. The van der Waals surface area contributed by atoms with Gasteiger partial charge in [-0.3, -0.25) is 9.69 Å². The van der Waals surface area contributed by atoms with E-state index in [9.17, 15) is 14.0 Å². The summed E-state index contributed by atoms with van der Waals surface area (Å²) in [5.74, 6) is -1.11. The molecular formula is C24H19ClFNO5. The molecule has 6 nitrogen and oxygen atoms in total. The van der Waals surface area contributed by atoms with Gasteiger partial charge in [-0.15, -0.1) is 0 Å². The number of anilines is 1. The highest BCUT2D eigenvalue weighted by Crippen LogP contribution is 2.42. The average Bonchev–Trinajstić information content (AvgIpc) is 2.78. The molecule has 3 aromatic rings. The van der Waals surface area contributed by atoms with Crippen molar-refractivity contribution in [3.8, 4) is 11.5 Å². The Kier molecular flexibility index (Phi) is 6.01. The zero-order chi connectivity index (χ0) is 22.8. The number of carboxylic acids is 1. The third-order valence-corrected chi connectivity index (χ3v) is 5.40. The van der Waals surface area contributed by atoms with Crippen molar-refractivity contribution in [1.82, 2.24) is 0 Å². The lowest BCUT2D eigenvalue weighted by atomic mass is 9.89. The van der Waals surface area contributed by atoms with E-state index in [0.717, 1.165) is 11.1 Å². The van der Waals surface area contributed by atoms with E-state index in [1.54, 1.807) is 42.5 Å². The van der Waals surface area contributed by atoms with Crippen LogP contribution in [0.4, 0.5) is 10.1 Å². The van der Waals surface area contributed by atoms with E-state index in [0.29, 0.717) is 17.2 Å². The fourth-order valence-corrected chi connectivity index (χ4v) is 3.61. The van der Waals surface area contributed by atoms with Gasteiger partial charge in [0.15, 0.2) is 6.61 Å². The highest BCUT2D eigenvalue weighted by molar-refractivity contribution is 6.30. The molecule has 8 heteroatoms. The quantitative estimate of drug-likeness (QED) is 0.518. The molecular weight excluding hydrogens is 437 g/mol. The first-order chi connectivity index (χ1) is 15.3. The van der Waals surface area contributed by atoms with Crippen molar-refractivity contribution in [2.75, 3.05) is 11.5 Å². The average molecular weight is 456 g/mol. The molecule has 2 atom stereocenters. The number of aryl methyl sites for hydroxylation is 1. The summed E-state index contributed by atoms with van der Waals surface area (Å²) in [7, 11) is 0. The number of hydrogen-bond acceptors (Lipinski definition) is 4. The van der Waals surface area contributed by atoms with Crippen LogP contribution in [-0.2, 0) is 9.59 Å². The smallest absolute Gasteiger partial charge is 0.341 e. The van der Waals surface area contributed by atoms with Crippen molar-refractivity contribution in [2.24, 2.45) is 0 Å². The number of benzene rings is 3. The number of amides is 1. The summed E-state index contributed by atoms with van der Waals surface area (Å²) in [6, 6.07) is 17.7. The van der Waals surface area contributed by atoms with Crippen LogP contribution in [0.1, 0.15) is 17.2 Å². The summed E-state index contributed by atoms with van der Waals surface area (Å²) in [6.07, 6.45) is -0.817. The molecule has 0 saturated carbocycles. The molecule has 2 unspecified atom stereocenters. The fraction of sp³-hybridized carbons (Fsp3) is 0.167. The second kappa shape index (κ2) is 8.88. The van der Waals surface area contributed by atoms with E-state index in [1.807, 2.05) is 19.1 Å². The third-order valence-electron chi connectivity index (χ3n) is 5.10. The topological polar surface area (TPSA) is 76.1 Å². The molecule has 1 amide bonds. The molecule has 164 valence electrons. The Morgan fingerprint density at radius 2 is 1.72 bits per heavy atom. The molecule has 3 aromatic carbocycles. The summed E-state index contributed by atoms with van der Waals surface area (Å²) in [6.45, 7) is 1.49. The Bertz CT molecular complexity index is 1150. The molecule has 0 radical (unpaired) electrons. The van der Waals surface area contributed by atoms with Crippen molar-refractivity contribution in [2.45, 2.75) is 19.1 Å². The molecule has 1 aliphatic rings. The highest BCUT2D eigenvalue weighted by Gasteiger charge is 2.51.